The van der Waals surface area contributed by atoms with Crippen LogP contribution in [0.15, 0.2) is 95.2 Å². The van der Waals surface area contributed by atoms with E-state index in [4.69, 9.17) is 0 Å². The number of hydrogen-bond donors (Lipinski definition) is 4. The Bertz CT molecular complexity index is 1410. The van der Waals surface area contributed by atoms with E-state index in [9.17, 15) is 14.4 Å². The Morgan fingerprint density at radius 2 is 1.59 bits per heavy atom. The van der Waals surface area contributed by atoms with Crippen LogP contribution >= 0.6 is 0 Å². The van der Waals surface area contributed by atoms with Crippen molar-refractivity contribution >= 4 is 40.2 Å². The van der Waals surface area contributed by atoms with Gasteiger partial charge in [0.25, 0.3) is 10.9 Å². The van der Waals surface area contributed by atoms with E-state index in [1.807, 2.05) is 43.3 Å². The molecule has 8 heteroatoms. The Morgan fingerprint density at radius 1 is 0.912 bits per heavy atom. The van der Waals surface area contributed by atoms with Crippen LogP contribution in [0.1, 0.15) is 18.5 Å². The second-order valence-corrected chi connectivity index (χ2v) is 7.60. The van der Waals surface area contributed by atoms with E-state index >= 15 is 0 Å². The highest BCUT2D eigenvalue weighted by Crippen LogP contribution is 2.28. The summed E-state index contributed by atoms with van der Waals surface area (Å²) < 4.78 is 0. The van der Waals surface area contributed by atoms with E-state index in [2.05, 4.69) is 32.8 Å². The summed E-state index contributed by atoms with van der Waals surface area (Å²) in [5.41, 5.74) is 2.11. The fraction of sp³-hybridized carbons (Fsp3) is 0.0769. The Balaban J connectivity index is 1.52. The van der Waals surface area contributed by atoms with Crippen molar-refractivity contribution < 1.29 is 4.79 Å². The van der Waals surface area contributed by atoms with Gasteiger partial charge < -0.3 is 21.3 Å². The van der Waals surface area contributed by atoms with Crippen molar-refractivity contribution in [2.45, 2.75) is 13.0 Å². The molecule has 1 atom stereocenters. The van der Waals surface area contributed by atoms with Crippen molar-refractivity contribution in [3.63, 3.8) is 0 Å². The average Bonchev–Trinajstić information content (AvgIpc) is 2.87. The van der Waals surface area contributed by atoms with Crippen LogP contribution in [0.3, 0.4) is 0 Å². The zero-order valence-electron chi connectivity index (χ0n) is 18.5. The van der Waals surface area contributed by atoms with Gasteiger partial charge in [-0.3, -0.25) is 14.4 Å². The average molecular weight is 454 g/mol. The van der Waals surface area contributed by atoms with Crippen molar-refractivity contribution in [1.29, 1.82) is 0 Å². The summed E-state index contributed by atoms with van der Waals surface area (Å²) in [5, 5.41) is 12.1. The zero-order valence-corrected chi connectivity index (χ0v) is 18.5. The third-order valence-corrected chi connectivity index (χ3v) is 5.23. The third kappa shape index (κ3) is 4.86. The summed E-state index contributed by atoms with van der Waals surface area (Å²) in [6, 6.07) is 20.1. The van der Waals surface area contributed by atoms with Gasteiger partial charge in [0.2, 0.25) is 5.91 Å². The summed E-state index contributed by atoms with van der Waals surface area (Å²) in [5.74, 6) is 0.152. The van der Waals surface area contributed by atoms with Crippen molar-refractivity contribution in [3.05, 3.63) is 112 Å². The van der Waals surface area contributed by atoms with Gasteiger partial charge in [0.15, 0.2) is 0 Å². The molecular formula is C26H23N5O3. The molecule has 3 aromatic carbocycles. The molecule has 0 unspecified atom stereocenters. The number of nitrogens with zero attached hydrogens (tertiary/aromatic N) is 1. The number of hydrogen-bond acceptors (Lipinski definition) is 7. The quantitative estimate of drug-likeness (QED) is 0.219. The Hall–Kier alpha value is -4.72. The molecule has 0 saturated carbocycles. The van der Waals surface area contributed by atoms with Crippen LogP contribution in [-0.2, 0) is 4.79 Å². The second-order valence-electron chi connectivity index (χ2n) is 7.60. The van der Waals surface area contributed by atoms with Crippen molar-refractivity contribution in [2.24, 2.45) is 0 Å². The third-order valence-electron chi connectivity index (χ3n) is 5.23. The van der Waals surface area contributed by atoms with Gasteiger partial charge >= 0.3 is 0 Å². The van der Waals surface area contributed by atoms with E-state index in [1.165, 1.54) is 6.08 Å². The lowest BCUT2D eigenvalue weighted by atomic mass is 10.1. The lowest BCUT2D eigenvalue weighted by molar-refractivity contribution is -0.111. The van der Waals surface area contributed by atoms with E-state index < -0.39 is 10.9 Å². The van der Waals surface area contributed by atoms with Gasteiger partial charge in [-0.05, 0) is 36.8 Å². The predicted octanol–water partition coefficient (Wildman–Crippen LogP) is 4.46. The minimum absolute atomic E-state index is 0.151. The van der Waals surface area contributed by atoms with Gasteiger partial charge in [-0.25, -0.2) is 4.98 Å². The van der Waals surface area contributed by atoms with Crippen LogP contribution in [0.4, 0.5) is 34.3 Å². The topological polar surface area (TPSA) is 112 Å². The molecule has 0 aliphatic carbocycles. The van der Waals surface area contributed by atoms with Gasteiger partial charge in [-0.1, -0.05) is 49.0 Å². The SMILES string of the molecule is C=CC(=O)Nc1ccccc1Nc1cc(Nc2c(N[C@H](C)c3ccccc3)c(=O)c2=O)ccn1. The molecule has 8 nitrogen and oxygen atoms in total. The highest BCUT2D eigenvalue weighted by molar-refractivity contribution is 6.01. The van der Waals surface area contributed by atoms with Crippen LogP contribution in [0.5, 0.6) is 0 Å². The summed E-state index contributed by atoms with van der Waals surface area (Å²) >= 11 is 0. The maximum Gasteiger partial charge on any atom is 0.253 e. The molecule has 1 aromatic heterocycles. The molecule has 0 spiro atoms. The molecule has 1 amide bonds. The van der Waals surface area contributed by atoms with Crippen LogP contribution in [0.2, 0.25) is 0 Å². The molecule has 0 bridgehead atoms. The lowest BCUT2D eigenvalue weighted by Gasteiger charge is -2.20. The first kappa shape index (κ1) is 22.5. The smallest absolute Gasteiger partial charge is 0.253 e. The Kier molecular flexibility index (Phi) is 6.49. The molecule has 4 rings (SSSR count). The number of carbonyl (C=O) groups is 1. The van der Waals surface area contributed by atoms with Crippen molar-refractivity contribution in [2.75, 3.05) is 21.3 Å². The maximum atomic E-state index is 12.3. The van der Waals surface area contributed by atoms with Crippen LogP contribution in [0.25, 0.3) is 0 Å². The lowest BCUT2D eigenvalue weighted by Crippen LogP contribution is -2.37. The van der Waals surface area contributed by atoms with E-state index in [-0.39, 0.29) is 23.3 Å². The van der Waals surface area contributed by atoms with E-state index in [0.717, 1.165) is 5.56 Å². The molecule has 0 aliphatic heterocycles. The van der Waals surface area contributed by atoms with Gasteiger partial charge in [-0.2, -0.15) is 0 Å². The first-order valence-corrected chi connectivity index (χ1v) is 10.6. The number of pyridine rings is 1. The van der Waals surface area contributed by atoms with Gasteiger partial charge in [0, 0.05) is 24.0 Å². The normalized spacial score (nSPS) is 11.4. The van der Waals surface area contributed by atoms with Gasteiger partial charge in [0.1, 0.15) is 17.2 Å². The molecule has 0 saturated heterocycles. The number of anilines is 6. The fourth-order valence-electron chi connectivity index (χ4n) is 3.43. The number of amides is 1. The number of para-hydroxylation sites is 2. The molecular weight excluding hydrogens is 430 g/mol. The minimum Gasteiger partial charge on any atom is -0.373 e. The van der Waals surface area contributed by atoms with Crippen LogP contribution in [0, 0.1) is 0 Å². The molecule has 170 valence electrons. The summed E-state index contributed by atoms with van der Waals surface area (Å²) in [6.07, 6.45) is 2.76. The Labute approximate surface area is 196 Å². The fourth-order valence-corrected chi connectivity index (χ4v) is 3.43. The molecule has 4 aromatic rings. The largest absolute Gasteiger partial charge is 0.373 e. The van der Waals surface area contributed by atoms with E-state index in [1.54, 1.807) is 36.5 Å². The van der Waals surface area contributed by atoms with Gasteiger partial charge in [-0.15, -0.1) is 0 Å². The number of carbonyl (C=O) groups excluding carboxylic acids is 1. The summed E-state index contributed by atoms with van der Waals surface area (Å²) in [6.45, 7) is 5.39. The summed E-state index contributed by atoms with van der Waals surface area (Å²) in [4.78, 5) is 40.5. The highest BCUT2D eigenvalue weighted by Gasteiger charge is 2.23. The number of rotatable bonds is 9. The predicted molar refractivity (Wildman–Crippen MR) is 136 cm³/mol. The first-order chi connectivity index (χ1) is 16.5. The molecule has 0 fully saturated rings. The molecule has 34 heavy (non-hydrogen) atoms. The minimum atomic E-state index is -0.577. The summed E-state index contributed by atoms with van der Waals surface area (Å²) in [7, 11) is 0. The maximum absolute atomic E-state index is 12.3. The van der Waals surface area contributed by atoms with Crippen molar-refractivity contribution in [1.82, 2.24) is 4.98 Å². The van der Waals surface area contributed by atoms with Crippen LogP contribution in [-0.4, -0.2) is 10.9 Å². The number of benzene rings is 2. The van der Waals surface area contributed by atoms with Crippen molar-refractivity contribution in [3.8, 4) is 0 Å². The molecule has 4 N–H and O–H groups in total. The molecule has 1 heterocycles. The molecule has 0 radical (unpaired) electrons. The van der Waals surface area contributed by atoms with E-state index in [0.29, 0.717) is 22.9 Å². The molecule has 0 aliphatic rings. The zero-order chi connectivity index (χ0) is 24.1. The number of aromatic nitrogens is 1. The number of nitrogens with one attached hydrogen (secondary N) is 4. The second kappa shape index (κ2) is 9.83. The monoisotopic (exact) mass is 453 g/mol. The Morgan fingerprint density at radius 3 is 2.32 bits per heavy atom. The van der Waals surface area contributed by atoms with Gasteiger partial charge in [0.05, 0.1) is 11.4 Å². The standard InChI is InChI=1S/C26H23N5O3/c1-3-22(32)31-20-12-8-7-11-19(20)30-21-15-18(13-14-27-21)29-24-23(25(33)26(24)34)28-16(2)17-9-5-4-6-10-17/h3-16,28H,1H2,2H3,(H,31,32)(H2,27,29,30)/t16-/m1/s1. The highest BCUT2D eigenvalue weighted by atomic mass is 16.2. The first-order valence-electron chi connectivity index (χ1n) is 10.6. The van der Waals surface area contributed by atoms with Crippen LogP contribution < -0.4 is 32.1 Å².